The number of amides is 1. The molecule has 122 valence electrons. The fourth-order valence-corrected chi connectivity index (χ4v) is 2.32. The third-order valence-electron chi connectivity index (χ3n) is 3.70. The van der Waals surface area contributed by atoms with E-state index in [0.717, 1.165) is 17.7 Å². The number of benzene rings is 2. The first kappa shape index (κ1) is 17.2. The molecule has 4 nitrogen and oxygen atoms in total. The zero-order chi connectivity index (χ0) is 16.8. The van der Waals surface area contributed by atoms with Gasteiger partial charge in [-0.2, -0.15) is 0 Å². The molecule has 0 saturated carbocycles. The lowest BCUT2D eigenvalue weighted by atomic mass is 9.98. The number of carbonyl (C=O) groups is 1. The third kappa shape index (κ3) is 4.63. The van der Waals surface area contributed by atoms with Gasteiger partial charge in [-0.05, 0) is 42.2 Å². The molecule has 0 aliphatic rings. The van der Waals surface area contributed by atoms with Gasteiger partial charge in [-0.1, -0.05) is 43.6 Å². The van der Waals surface area contributed by atoms with Crippen LogP contribution in [0.5, 0.6) is 5.75 Å². The maximum Gasteiger partial charge on any atom is 0.262 e. The van der Waals surface area contributed by atoms with Crippen molar-refractivity contribution in [3.05, 3.63) is 53.1 Å². The molecule has 0 aliphatic carbocycles. The highest BCUT2D eigenvalue weighted by atomic mass is 35.5. The molecule has 1 atom stereocenters. The van der Waals surface area contributed by atoms with E-state index in [4.69, 9.17) is 22.1 Å². The van der Waals surface area contributed by atoms with Gasteiger partial charge in [0, 0.05) is 5.69 Å². The quantitative estimate of drug-likeness (QED) is 0.768. The minimum atomic E-state index is -0.245. The highest BCUT2D eigenvalue weighted by Gasteiger charge is 2.11. The molecule has 1 amide bonds. The maximum absolute atomic E-state index is 12.0. The van der Waals surface area contributed by atoms with Crippen LogP contribution in [0.15, 0.2) is 42.5 Å². The van der Waals surface area contributed by atoms with Crippen LogP contribution in [0, 0.1) is 0 Å². The Morgan fingerprint density at radius 3 is 2.74 bits per heavy atom. The second-order valence-corrected chi connectivity index (χ2v) is 5.83. The van der Waals surface area contributed by atoms with Crippen LogP contribution in [0.4, 0.5) is 11.4 Å². The smallest absolute Gasteiger partial charge is 0.262 e. The normalized spacial score (nSPS) is 11.8. The largest absolute Gasteiger partial charge is 0.483 e. The predicted molar refractivity (Wildman–Crippen MR) is 95.1 cm³/mol. The Hall–Kier alpha value is -2.20. The molecule has 5 heteroatoms. The van der Waals surface area contributed by atoms with E-state index in [0.29, 0.717) is 22.3 Å². The Morgan fingerprint density at radius 2 is 2.04 bits per heavy atom. The van der Waals surface area contributed by atoms with E-state index in [1.165, 1.54) is 0 Å². The molecule has 23 heavy (non-hydrogen) atoms. The van der Waals surface area contributed by atoms with Crippen LogP contribution in [0.2, 0.25) is 5.02 Å². The Balaban J connectivity index is 1.98. The molecule has 2 rings (SSSR count). The van der Waals surface area contributed by atoms with Gasteiger partial charge in [0.25, 0.3) is 5.91 Å². The van der Waals surface area contributed by atoms with Crippen molar-refractivity contribution in [2.24, 2.45) is 0 Å². The highest BCUT2D eigenvalue weighted by Crippen LogP contribution is 2.28. The van der Waals surface area contributed by atoms with E-state index in [-0.39, 0.29) is 12.5 Å². The molecule has 0 aromatic heterocycles. The van der Waals surface area contributed by atoms with Gasteiger partial charge in [0.15, 0.2) is 6.61 Å². The molecule has 0 fully saturated rings. The van der Waals surface area contributed by atoms with Crippen LogP contribution in [0.25, 0.3) is 0 Å². The van der Waals surface area contributed by atoms with Gasteiger partial charge in [0.05, 0.1) is 10.7 Å². The topological polar surface area (TPSA) is 64.3 Å². The van der Waals surface area contributed by atoms with E-state index in [1.807, 2.05) is 24.3 Å². The van der Waals surface area contributed by atoms with Crippen molar-refractivity contribution in [1.82, 2.24) is 0 Å². The van der Waals surface area contributed by atoms with E-state index in [9.17, 15) is 4.79 Å². The Bertz CT molecular complexity index is 688. The predicted octanol–water partition coefficient (Wildman–Crippen LogP) is 4.45. The number of carbonyl (C=O) groups excluding carboxylic acids is 1. The van der Waals surface area contributed by atoms with Crippen LogP contribution in [0.1, 0.15) is 31.7 Å². The summed E-state index contributed by atoms with van der Waals surface area (Å²) in [6.07, 6.45) is 1.01. The summed E-state index contributed by atoms with van der Waals surface area (Å²) in [4.78, 5) is 12.0. The number of para-hydroxylation sites is 1. The van der Waals surface area contributed by atoms with Crippen molar-refractivity contribution in [2.75, 3.05) is 17.7 Å². The van der Waals surface area contributed by atoms with Crippen molar-refractivity contribution in [1.29, 1.82) is 0 Å². The molecule has 2 aromatic carbocycles. The lowest BCUT2D eigenvalue weighted by molar-refractivity contribution is -0.118. The second kappa shape index (κ2) is 7.88. The van der Waals surface area contributed by atoms with Gasteiger partial charge < -0.3 is 15.8 Å². The lowest BCUT2D eigenvalue weighted by Gasteiger charge is -2.15. The van der Waals surface area contributed by atoms with Crippen molar-refractivity contribution < 1.29 is 9.53 Å². The van der Waals surface area contributed by atoms with Crippen molar-refractivity contribution >= 4 is 28.9 Å². The second-order valence-electron chi connectivity index (χ2n) is 5.42. The maximum atomic E-state index is 12.0. The molecular weight excluding hydrogens is 312 g/mol. The number of ether oxygens (including phenoxy) is 1. The average molecular weight is 333 g/mol. The Kier molecular flexibility index (Phi) is 5.88. The zero-order valence-electron chi connectivity index (χ0n) is 13.3. The standard InChI is InChI=1S/C18H21ClN2O2/c1-3-12(2)14-6-4-5-7-17(14)23-11-18(22)21-13-8-9-15(19)16(20)10-13/h4-10,12H,3,11,20H2,1-2H3,(H,21,22)/t12-/m0/s1. The molecule has 2 aromatic rings. The summed E-state index contributed by atoms with van der Waals surface area (Å²) in [6, 6.07) is 12.8. The molecule has 0 bridgehead atoms. The summed E-state index contributed by atoms with van der Waals surface area (Å²) < 4.78 is 5.68. The minimum absolute atomic E-state index is 0.0595. The van der Waals surface area contributed by atoms with Gasteiger partial charge in [0.1, 0.15) is 5.75 Å². The number of hydrogen-bond donors (Lipinski definition) is 2. The van der Waals surface area contributed by atoms with Crippen molar-refractivity contribution in [3.8, 4) is 5.75 Å². The number of rotatable bonds is 6. The third-order valence-corrected chi connectivity index (χ3v) is 4.05. The molecule has 3 N–H and O–H groups in total. The van der Waals surface area contributed by atoms with Crippen LogP contribution >= 0.6 is 11.6 Å². The summed E-state index contributed by atoms with van der Waals surface area (Å²) in [5.74, 6) is 0.878. The summed E-state index contributed by atoms with van der Waals surface area (Å²) in [7, 11) is 0. The molecule has 0 heterocycles. The Labute approximate surface area is 141 Å². The molecule has 0 radical (unpaired) electrons. The number of nitrogens with one attached hydrogen (secondary N) is 1. The van der Waals surface area contributed by atoms with Crippen LogP contribution in [0.3, 0.4) is 0 Å². The number of hydrogen-bond acceptors (Lipinski definition) is 3. The number of anilines is 2. The first-order chi connectivity index (χ1) is 11.0. The molecule has 0 aliphatic heterocycles. The minimum Gasteiger partial charge on any atom is -0.483 e. The molecule has 0 unspecified atom stereocenters. The first-order valence-electron chi connectivity index (χ1n) is 7.57. The Morgan fingerprint density at radius 1 is 1.30 bits per heavy atom. The summed E-state index contributed by atoms with van der Waals surface area (Å²) >= 11 is 5.86. The first-order valence-corrected chi connectivity index (χ1v) is 7.95. The van der Waals surface area contributed by atoms with E-state index < -0.39 is 0 Å². The van der Waals surface area contributed by atoms with Crippen LogP contribution in [-0.4, -0.2) is 12.5 Å². The number of nitrogens with two attached hydrogens (primary N) is 1. The van der Waals surface area contributed by atoms with Crippen LogP contribution in [-0.2, 0) is 4.79 Å². The monoisotopic (exact) mass is 332 g/mol. The fraction of sp³-hybridized carbons (Fsp3) is 0.278. The molecule has 0 saturated heterocycles. The zero-order valence-corrected chi connectivity index (χ0v) is 14.1. The summed E-state index contributed by atoms with van der Waals surface area (Å²) in [5, 5.41) is 3.20. The van der Waals surface area contributed by atoms with Gasteiger partial charge >= 0.3 is 0 Å². The highest BCUT2D eigenvalue weighted by molar-refractivity contribution is 6.33. The molecule has 0 spiro atoms. The van der Waals surface area contributed by atoms with E-state index >= 15 is 0 Å². The number of nitrogen functional groups attached to an aromatic ring is 1. The van der Waals surface area contributed by atoms with E-state index in [2.05, 4.69) is 19.2 Å². The molecular formula is C18H21ClN2O2. The van der Waals surface area contributed by atoms with Crippen molar-refractivity contribution in [2.45, 2.75) is 26.2 Å². The number of halogens is 1. The van der Waals surface area contributed by atoms with Gasteiger partial charge in [-0.15, -0.1) is 0 Å². The lowest BCUT2D eigenvalue weighted by Crippen LogP contribution is -2.20. The SMILES string of the molecule is CC[C@H](C)c1ccccc1OCC(=O)Nc1ccc(Cl)c(N)c1. The van der Waals surface area contributed by atoms with Crippen molar-refractivity contribution in [3.63, 3.8) is 0 Å². The van der Waals surface area contributed by atoms with Gasteiger partial charge in [0.2, 0.25) is 0 Å². The average Bonchev–Trinajstić information content (AvgIpc) is 2.56. The fourth-order valence-electron chi connectivity index (χ4n) is 2.20. The summed E-state index contributed by atoms with van der Waals surface area (Å²) in [6.45, 7) is 4.20. The van der Waals surface area contributed by atoms with E-state index in [1.54, 1.807) is 18.2 Å². The van der Waals surface area contributed by atoms with Crippen LogP contribution < -0.4 is 15.8 Å². The van der Waals surface area contributed by atoms with Gasteiger partial charge in [-0.25, -0.2) is 0 Å². The summed E-state index contributed by atoms with van der Waals surface area (Å²) in [5.41, 5.74) is 7.84. The van der Waals surface area contributed by atoms with Gasteiger partial charge in [-0.3, -0.25) is 4.79 Å².